The van der Waals surface area contributed by atoms with Crippen LogP contribution in [-0.4, -0.2) is 5.78 Å². The molecule has 154 valence electrons. The number of halogens is 1. The van der Waals surface area contributed by atoms with Crippen LogP contribution in [0, 0.1) is 13.8 Å². The average Bonchev–Trinajstić information content (AvgIpc) is 2.97. The number of aryl methyl sites for hydroxylation is 1. The van der Waals surface area contributed by atoms with Crippen molar-refractivity contribution in [2.24, 2.45) is 0 Å². The lowest BCUT2D eigenvalue weighted by Crippen LogP contribution is -2.11. The second-order valence-corrected chi connectivity index (χ2v) is 9.73. The molecule has 1 aliphatic carbocycles. The number of Topliss-reactive ketones (excluding diaryl/α,β-unsaturated/α-hetero) is 1. The lowest BCUT2D eigenvalue weighted by Gasteiger charge is -2.20. The molecule has 1 aliphatic rings. The number of allylic oxidation sites excluding steroid dienone is 2. The molecule has 0 fully saturated rings. The monoisotopic (exact) mass is 453 g/mol. The maximum atomic E-state index is 12.7. The Morgan fingerprint density at radius 2 is 1.76 bits per heavy atom. The van der Waals surface area contributed by atoms with Crippen molar-refractivity contribution in [1.82, 2.24) is 0 Å². The fraction of sp³-hybridized carbons (Fsp3) is 0.423. The highest BCUT2D eigenvalue weighted by Crippen LogP contribution is 2.46. The van der Waals surface area contributed by atoms with Crippen LogP contribution in [0.1, 0.15) is 80.3 Å². The molecule has 29 heavy (non-hydrogen) atoms. The van der Waals surface area contributed by atoms with Crippen molar-refractivity contribution in [3.05, 3.63) is 73.8 Å². The van der Waals surface area contributed by atoms with Gasteiger partial charge in [0.1, 0.15) is 5.78 Å². The third-order valence-electron chi connectivity index (χ3n) is 6.31. The summed E-state index contributed by atoms with van der Waals surface area (Å²) >= 11 is 3.51. The first-order chi connectivity index (χ1) is 13.7. The minimum absolute atomic E-state index is 0.307. The zero-order valence-electron chi connectivity index (χ0n) is 18.4. The van der Waals surface area contributed by atoms with Gasteiger partial charge < -0.3 is 5.32 Å². The van der Waals surface area contributed by atoms with E-state index in [1.807, 2.05) is 0 Å². The zero-order chi connectivity index (χ0) is 21.3. The molecular formula is C26H32BrNO. The Hall–Kier alpha value is -1.87. The van der Waals surface area contributed by atoms with Crippen LogP contribution in [-0.2, 0) is 11.2 Å². The number of rotatable bonds is 6. The van der Waals surface area contributed by atoms with Gasteiger partial charge in [-0.3, -0.25) is 4.79 Å². The van der Waals surface area contributed by atoms with Gasteiger partial charge in [-0.25, -0.2) is 0 Å². The van der Waals surface area contributed by atoms with Gasteiger partial charge in [-0.1, -0.05) is 40.1 Å². The second kappa shape index (κ2) is 8.87. The van der Waals surface area contributed by atoms with Gasteiger partial charge >= 0.3 is 0 Å². The average molecular weight is 454 g/mol. The number of hydrogen-bond donors (Lipinski definition) is 1. The normalized spacial score (nSPS) is 17.8. The van der Waals surface area contributed by atoms with Crippen LogP contribution in [0.3, 0.4) is 0 Å². The van der Waals surface area contributed by atoms with Crippen molar-refractivity contribution in [2.45, 2.75) is 72.8 Å². The van der Waals surface area contributed by atoms with Crippen LogP contribution in [0.25, 0.3) is 0 Å². The molecule has 3 rings (SSSR count). The summed E-state index contributed by atoms with van der Waals surface area (Å²) in [6.45, 7) is 12.9. The summed E-state index contributed by atoms with van der Waals surface area (Å²) in [6.07, 6.45) is 2.17. The van der Waals surface area contributed by atoms with Crippen molar-refractivity contribution in [3.8, 4) is 0 Å². The third-order valence-corrected chi connectivity index (χ3v) is 6.84. The van der Waals surface area contributed by atoms with E-state index in [-0.39, 0.29) is 0 Å². The maximum Gasteiger partial charge on any atom is 0.141 e. The molecular weight excluding hydrogens is 422 g/mol. The van der Waals surface area contributed by atoms with Gasteiger partial charge in [0.25, 0.3) is 0 Å². The number of benzene rings is 2. The Bertz CT molecular complexity index is 952. The molecule has 0 aromatic heterocycles. The van der Waals surface area contributed by atoms with E-state index in [0.29, 0.717) is 30.6 Å². The van der Waals surface area contributed by atoms with Crippen LogP contribution in [0.5, 0.6) is 0 Å². The Kier molecular flexibility index (Phi) is 6.68. The lowest BCUT2D eigenvalue weighted by molar-refractivity contribution is -0.117. The van der Waals surface area contributed by atoms with Crippen LogP contribution >= 0.6 is 15.9 Å². The maximum absolute atomic E-state index is 12.7. The molecule has 0 radical (unpaired) electrons. The van der Waals surface area contributed by atoms with Gasteiger partial charge in [-0.2, -0.15) is 0 Å². The van der Waals surface area contributed by atoms with Gasteiger partial charge in [-0.15, -0.1) is 0 Å². The number of hydrogen-bond acceptors (Lipinski definition) is 2. The predicted molar refractivity (Wildman–Crippen MR) is 127 cm³/mol. The van der Waals surface area contributed by atoms with E-state index >= 15 is 0 Å². The quantitative estimate of drug-likeness (QED) is 0.456. The van der Waals surface area contributed by atoms with Crippen molar-refractivity contribution < 1.29 is 4.79 Å². The fourth-order valence-electron chi connectivity index (χ4n) is 4.53. The molecule has 0 aliphatic heterocycles. The van der Waals surface area contributed by atoms with Crippen LogP contribution < -0.4 is 5.32 Å². The zero-order valence-corrected chi connectivity index (χ0v) is 20.0. The molecule has 2 unspecified atom stereocenters. The number of fused-ring (bicyclic) bond motifs is 1. The molecule has 3 heteroatoms. The summed E-state index contributed by atoms with van der Waals surface area (Å²) in [6, 6.07) is 10.9. The topological polar surface area (TPSA) is 29.1 Å². The second-order valence-electron chi connectivity index (χ2n) is 8.82. The first kappa shape index (κ1) is 21.8. The van der Waals surface area contributed by atoms with Gasteiger partial charge in [0, 0.05) is 23.0 Å². The van der Waals surface area contributed by atoms with Gasteiger partial charge in [0.2, 0.25) is 0 Å². The SMILES string of the molecule is CC(C)=C(C)CC(=O)Cc1cc(C)c2c(c1C)C(C)CC2Nc1ccc(Br)cc1. The largest absolute Gasteiger partial charge is 0.378 e. The van der Waals surface area contributed by atoms with Crippen LogP contribution in [0.15, 0.2) is 46.0 Å². The number of carbonyl (C=O) groups is 1. The Morgan fingerprint density at radius 1 is 1.10 bits per heavy atom. The highest BCUT2D eigenvalue weighted by Gasteiger charge is 2.32. The summed E-state index contributed by atoms with van der Waals surface area (Å²) in [4.78, 5) is 12.7. The standard InChI is InChI=1S/C26H32BrNO/c1-15(2)16(3)12-23(29)14-20-11-17(4)26-24(13-18(5)25(26)19(20)6)28-22-9-7-21(27)8-10-22/h7-11,18,24,28H,12-14H2,1-6H3. The molecule has 0 heterocycles. The molecule has 2 aromatic rings. The van der Waals surface area contributed by atoms with E-state index in [2.05, 4.69) is 93.1 Å². The number of nitrogens with one attached hydrogen (secondary N) is 1. The molecule has 1 N–H and O–H groups in total. The van der Waals surface area contributed by atoms with Crippen molar-refractivity contribution in [1.29, 1.82) is 0 Å². The molecule has 0 saturated carbocycles. The van der Waals surface area contributed by atoms with Crippen molar-refractivity contribution in [2.75, 3.05) is 5.32 Å². The first-order valence-electron chi connectivity index (χ1n) is 10.5. The summed E-state index contributed by atoms with van der Waals surface area (Å²) in [5, 5.41) is 3.73. The summed E-state index contributed by atoms with van der Waals surface area (Å²) < 4.78 is 1.09. The molecule has 2 nitrogen and oxygen atoms in total. The van der Waals surface area contributed by atoms with E-state index < -0.39 is 0 Å². The molecule has 0 spiro atoms. The number of anilines is 1. The molecule has 2 atom stereocenters. The predicted octanol–water partition coefficient (Wildman–Crippen LogP) is 7.58. The summed E-state index contributed by atoms with van der Waals surface area (Å²) in [5.74, 6) is 0.799. The smallest absolute Gasteiger partial charge is 0.141 e. The third kappa shape index (κ3) is 4.83. The lowest BCUT2D eigenvalue weighted by atomic mass is 9.88. The van der Waals surface area contributed by atoms with Gasteiger partial charge in [0.05, 0.1) is 6.04 Å². The minimum Gasteiger partial charge on any atom is -0.378 e. The molecule has 2 aromatic carbocycles. The van der Waals surface area contributed by atoms with Crippen LogP contribution in [0.4, 0.5) is 5.69 Å². The van der Waals surface area contributed by atoms with Gasteiger partial charge in [-0.05, 0) is 99.0 Å². The highest BCUT2D eigenvalue weighted by molar-refractivity contribution is 9.10. The summed E-state index contributed by atoms with van der Waals surface area (Å²) in [5.41, 5.74) is 10.3. The highest BCUT2D eigenvalue weighted by atomic mass is 79.9. The van der Waals surface area contributed by atoms with Crippen molar-refractivity contribution >= 4 is 27.4 Å². The minimum atomic E-state index is 0.307. The van der Waals surface area contributed by atoms with Crippen LogP contribution in [0.2, 0.25) is 0 Å². The molecule has 0 saturated heterocycles. The molecule has 0 amide bonds. The van der Waals surface area contributed by atoms with E-state index in [9.17, 15) is 4.79 Å². The van der Waals surface area contributed by atoms with E-state index in [1.165, 1.54) is 39.0 Å². The Morgan fingerprint density at radius 3 is 2.38 bits per heavy atom. The number of carbonyl (C=O) groups excluding carboxylic acids is 1. The Labute approximate surface area is 183 Å². The molecule has 0 bridgehead atoms. The van der Waals surface area contributed by atoms with E-state index in [0.717, 1.165) is 16.6 Å². The number of ketones is 1. The van der Waals surface area contributed by atoms with E-state index in [1.54, 1.807) is 0 Å². The summed E-state index contributed by atoms with van der Waals surface area (Å²) in [7, 11) is 0. The fourth-order valence-corrected chi connectivity index (χ4v) is 4.80. The van der Waals surface area contributed by atoms with E-state index in [4.69, 9.17) is 0 Å². The first-order valence-corrected chi connectivity index (χ1v) is 11.3. The van der Waals surface area contributed by atoms with Gasteiger partial charge in [0.15, 0.2) is 0 Å². The Balaban J connectivity index is 1.87. The van der Waals surface area contributed by atoms with Crippen molar-refractivity contribution in [3.63, 3.8) is 0 Å².